The third-order valence-corrected chi connectivity index (χ3v) is 9.49. The molecule has 8 nitrogen and oxygen atoms in total. The number of hydrogen-bond acceptors (Lipinski definition) is 8. The third kappa shape index (κ3) is 6.09. The second-order valence-electron chi connectivity index (χ2n) is 11.5. The SMILES string of the molecule is CCOC(=O)C1=C(c2ccccc2)N=c2sc(=Cc3ccc(OCc4ccccc4C#N)cc3)c(=O)n2C1c1c(OC)ccc2ccccc12. The molecule has 2 heterocycles. The van der Waals surface area contributed by atoms with Gasteiger partial charge < -0.3 is 14.2 Å². The van der Waals surface area contributed by atoms with E-state index >= 15 is 0 Å². The molecular weight excluding hydrogens is 647 g/mol. The van der Waals surface area contributed by atoms with Crippen molar-refractivity contribution in [2.75, 3.05) is 13.7 Å². The number of thiazole rings is 1. The lowest BCUT2D eigenvalue weighted by Gasteiger charge is -2.28. The summed E-state index contributed by atoms with van der Waals surface area (Å²) in [5.41, 5.74) is 3.95. The first-order valence-corrected chi connectivity index (χ1v) is 16.9. The average Bonchev–Trinajstić information content (AvgIpc) is 3.47. The summed E-state index contributed by atoms with van der Waals surface area (Å²) in [6, 6.07) is 37.1. The third-order valence-electron chi connectivity index (χ3n) is 8.51. The van der Waals surface area contributed by atoms with E-state index in [1.165, 1.54) is 11.3 Å². The van der Waals surface area contributed by atoms with Crippen LogP contribution in [-0.2, 0) is 16.1 Å². The lowest BCUT2D eigenvalue weighted by molar-refractivity contribution is -0.138. The molecule has 50 heavy (non-hydrogen) atoms. The minimum Gasteiger partial charge on any atom is -0.496 e. The van der Waals surface area contributed by atoms with Gasteiger partial charge in [-0.1, -0.05) is 102 Å². The molecule has 6 aromatic rings. The second-order valence-corrected chi connectivity index (χ2v) is 12.5. The smallest absolute Gasteiger partial charge is 0.338 e. The van der Waals surface area contributed by atoms with E-state index in [-0.39, 0.29) is 24.3 Å². The van der Waals surface area contributed by atoms with Gasteiger partial charge in [0.15, 0.2) is 4.80 Å². The quantitative estimate of drug-likeness (QED) is 0.161. The van der Waals surface area contributed by atoms with Crippen molar-refractivity contribution in [3.63, 3.8) is 0 Å². The van der Waals surface area contributed by atoms with Gasteiger partial charge >= 0.3 is 5.97 Å². The maximum absolute atomic E-state index is 14.5. The number of esters is 1. The van der Waals surface area contributed by atoms with Crippen molar-refractivity contribution in [3.8, 4) is 17.6 Å². The van der Waals surface area contributed by atoms with Gasteiger partial charge in [0, 0.05) is 16.7 Å². The summed E-state index contributed by atoms with van der Waals surface area (Å²) < 4.78 is 19.6. The predicted molar refractivity (Wildman–Crippen MR) is 193 cm³/mol. The summed E-state index contributed by atoms with van der Waals surface area (Å²) >= 11 is 1.25. The number of rotatable bonds is 9. The van der Waals surface area contributed by atoms with Crippen LogP contribution < -0.4 is 24.4 Å². The molecular formula is C41H31N3O5S. The van der Waals surface area contributed by atoms with Gasteiger partial charge in [-0.25, -0.2) is 9.79 Å². The van der Waals surface area contributed by atoms with Crippen LogP contribution in [-0.4, -0.2) is 24.3 Å². The van der Waals surface area contributed by atoms with E-state index in [0.717, 1.165) is 27.5 Å². The number of fused-ring (bicyclic) bond motifs is 2. The highest BCUT2D eigenvalue weighted by molar-refractivity contribution is 7.07. The topological polar surface area (TPSA) is 103 Å². The number of aromatic nitrogens is 1. The number of methoxy groups -OCH3 is 1. The van der Waals surface area contributed by atoms with Crippen molar-refractivity contribution in [3.05, 3.63) is 168 Å². The van der Waals surface area contributed by atoms with E-state index in [9.17, 15) is 14.9 Å². The molecule has 1 unspecified atom stereocenters. The zero-order chi connectivity index (χ0) is 34.6. The first-order chi connectivity index (χ1) is 24.5. The molecule has 0 bridgehead atoms. The molecule has 1 aliphatic rings. The van der Waals surface area contributed by atoms with Crippen LogP contribution in [0.3, 0.4) is 0 Å². The fraction of sp³-hybridized carbons (Fsp3) is 0.122. The Balaban J connectivity index is 1.39. The zero-order valence-corrected chi connectivity index (χ0v) is 28.1. The first-order valence-electron chi connectivity index (χ1n) is 16.1. The van der Waals surface area contributed by atoms with E-state index in [1.807, 2.05) is 115 Å². The molecule has 0 saturated carbocycles. The lowest BCUT2D eigenvalue weighted by Crippen LogP contribution is -2.40. The van der Waals surface area contributed by atoms with E-state index < -0.39 is 12.0 Å². The zero-order valence-electron chi connectivity index (χ0n) is 27.3. The van der Waals surface area contributed by atoms with Crippen LogP contribution in [0, 0.1) is 11.3 Å². The van der Waals surface area contributed by atoms with Crippen LogP contribution in [0.4, 0.5) is 0 Å². The first kappa shape index (κ1) is 32.3. The molecule has 1 atom stereocenters. The molecule has 0 amide bonds. The largest absolute Gasteiger partial charge is 0.496 e. The Kier molecular flexibility index (Phi) is 9.10. The van der Waals surface area contributed by atoms with Gasteiger partial charge in [-0.05, 0) is 53.6 Å². The van der Waals surface area contributed by atoms with Crippen molar-refractivity contribution in [1.82, 2.24) is 4.57 Å². The standard InChI is InChI=1S/C41H31N3O5S/c1-3-48-40(46)36-37(28-12-5-4-6-13-28)43-41-44(38(36)35-32-16-10-9-11-27(32)19-22-33(35)47-2)39(45)34(50-41)23-26-17-20-31(21-18-26)49-25-30-15-8-7-14-29(30)24-42/h4-23,38H,3,25H2,1-2H3. The number of carbonyl (C=O) groups excluding carboxylic acids is 1. The van der Waals surface area contributed by atoms with Gasteiger partial charge in [0.05, 0.1) is 41.2 Å². The van der Waals surface area contributed by atoms with Gasteiger partial charge in [0.25, 0.3) is 5.56 Å². The van der Waals surface area contributed by atoms with Gasteiger partial charge in [0.1, 0.15) is 24.1 Å². The summed E-state index contributed by atoms with van der Waals surface area (Å²) in [5.74, 6) is 0.607. The van der Waals surface area contributed by atoms with Crippen LogP contribution >= 0.6 is 11.3 Å². The maximum Gasteiger partial charge on any atom is 0.338 e. The Labute approximate surface area is 292 Å². The highest BCUT2D eigenvalue weighted by Crippen LogP contribution is 2.42. The maximum atomic E-state index is 14.5. The number of hydrogen-bond donors (Lipinski definition) is 0. The predicted octanol–water partition coefficient (Wildman–Crippen LogP) is 6.55. The molecule has 0 spiro atoms. The van der Waals surface area contributed by atoms with Crippen LogP contribution in [0.5, 0.6) is 11.5 Å². The number of benzene rings is 5. The molecule has 246 valence electrons. The van der Waals surface area contributed by atoms with Crippen LogP contribution in [0.25, 0.3) is 22.5 Å². The molecule has 0 aliphatic carbocycles. The van der Waals surface area contributed by atoms with Crippen LogP contribution in [0.1, 0.15) is 40.8 Å². The highest BCUT2D eigenvalue weighted by Gasteiger charge is 2.37. The second kappa shape index (κ2) is 14.1. The fourth-order valence-electron chi connectivity index (χ4n) is 6.18. The van der Waals surface area contributed by atoms with Crippen molar-refractivity contribution in [2.24, 2.45) is 4.99 Å². The lowest BCUT2D eigenvalue weighted by atomic mass is 9.89. The van der Waals surface area contributed by atoms with E-state index in [4.69, 9.17) is 19.2 Å². The average molecular weight is 678 g/mol. The van der Waals surface area contributed by atoms with Gasteiger partial charge in [-0.15, -0.1) is 0 Å². The Morgan fingerprint density at radius 2 is 1.68 bits per heavy atom. The Morgan fingerprint density at radius 1 is 0.940 bits per heavy atom. The van der Waals surface area contributed by atoms with Crippen molar-refractivity contribution in [2.45, 2.75) is 19.6 Å². The van der Waals surface area contributed by atoms with E-state index in [2.05, 4.69) is 6.07 Å². The Bertz CT molecular complexity index is 2490. The minimum atomic E-state index is -0.893. The summed E-state index contributed by atoms with van der Waals surface area (Å²) in [6.45, 7) is 2.16. The molecule has 9 heteroatoms. The number of nitrogens with zero attached hydrogens (tertiary/aromatic N) is 3. The summed E-state index contributed by atoms with van der Waals surface area (Å²) in [4.78, 5) is 33.9. The molecule has 0 radical (unpaired) electrons. The normalized spacial score (nSPS) is 14.1. The molecule has 5 aromatic carbocycles. The summed E-state index contributed by atoms with van der Waals surface area (Å²) in [5, 5.41) is 11.2. The van der Waals surface area contributed by atoms with Crippen molar-refractivity contribution >= 4 is 39.9 Å². The minimum absolute atomic E-state index is 0.152. The monoisotopic (exact) mass is 677 g/mol. The molecule has 1 aliphatic heterocycles. The molecule has 0 N–H and O–H groups in total. The highest BCUT2D eigenvalue weighted by atomic mass is 32.1. The van der Waals surface area contributed by atoms with Crippen LogP contribution in [0.15, 0.2) is 131 Å². The Hall–Kier alpha value is -6.24. The van der Waals surface area contributed by atoms with Gasteiger partial charge in [0.2, 0.25) is 0 Å². The van der Waals surface area contributed by atoms with Gasteiger partial charge in [-0.2, -0.15) is 5.26 Å². The molecule has 0 saturated heterocycles. The summed E-state index contributed by atoms with van der Waals surface area (Å²) in [6.07, 6.45) is 1.81. The number of carbonyl (C=O) groups is 1. The van der Waals surface area contributed by atoms with Gasteiger partial charge in [-0.3, -0.25) is 9.36 Å². The fourth-order valence-corrected chi connectivity index (χ4v) is 7.18. The molecule has 0 fully saturated rings. The Morgan fingerprint density at radius 3 is 2.44 bits per heavy atom. The molecule has 7 rings (SSSR count). The van der Waals surface area contributed by atoms with Crippen LogP contribution in [0.2, 0.25) is 0 Å². The number of ether oxygens (including phenoxy) is 3. The summed E-state index contributed by atoms with van der Waals surface area (Å²) in [7, 11) is 1.58. The molecule has 1 aromatic heterocycles. The van der Waals surface area contributed by atoms with E-state index in [0.29, 0.717) is 37.7 Å². The van der Waals surface area contributed by atoms with E-state index in [1.54, 1.807) is 24.7 Å². The van der Waals surface area contributed by atoms with Crippen molar-refractivity contribution < 1.29 is 19.0 Å². The van der Waals surface area contributed by atoms with Crippen molar-refractivity contribution in [1.29, 1.82) is 5.26 Å². The number of nitriles is 1.